The molecule has 5 rings (SSSR count). The maximum absolute atomic E-state index is 13.9. The van der Waals surface area contributed by atoms with Gasteiger partial charge in [-0.05, 0) is 80.2 Å². The van der Waals surface area contributed by atoms with Gasteiger partial charge in [0, 0.05) is 16.9 Å². The summed E-state index contributed by atoms with van der Waals surface area (Å²) < 4.78 is 10.9. The topological polar surface area (TPSA) is 88.2 Å². The van der Waals surface area contributed by atoms with Crippen molar-refractivity contribution in [2.45, 2.75) is 20.4 Å². The van der Waals surface area contributed by atoms with E-state index in [1.54, 1.807) is 59.2 Å². The maximum Gasteiger partial charge on any atom is 0.338 e. The first-order valence-corrected chi connectivity index (χ1v) is 14.5. The molecule has 1 fully saturated rings. The number of hydrogen-bond donors (Lipinski definition) is 1. The van der Waals surface area contributed by atoms with Crippen molar-refractivity contribution in [2.75, 3.05) is 23.4 Å². The standard InChI is InChI=1S/C35H31N3O5S/c1-3-42-34(41)26-15-17-28(18-16-26)36-32(39)23-43-31-12-8-7-11-27(31)21-30-33(40)37(22-25-9-5-4-6-10-25)35(44)38(30)29-19-13-24(2)14-20-29/h4-21H,3,22-23H2,1-2H3,(H,36,39)/b30-21-. The van der Waals surface area contributed by atoms with E-state index in [0.29, 0.717) is 39.9 Å². The highest BCUT2D eigenvalue weighted by Crippen LogP contribution is 2.33. The minimum absolute atomic E-state index is 0.238. The van der Waals surface area contributed by atoms with Gasteiger partial charge in [-0.3, -0.25) is 19.4 Å². The van der Waals surface area contributed by atoms with Gasteiger partial charge in [0.25, 0.3) is 11.8 Å². The van der Waals surface area contributed by atoms with Gasteiger partial charge in [0.15, 0.2) is 11.7 Å². The van der Waals surface area contributed by atoms with Gasteiger partial charge in [-0.2, -0.15) is 0 Å². The van der Waals surface area contributed by atoms with Crippen molar-refractivity contribution in [3.63, 3.8) is 0 Å². The summed E-state index contributed by atoms with van der Waals surface area (Å²) in [5, 5.41) is 3.14. The van der Waals surface area contributed by atoms with Crippen LogP contribution < -0.4 is 15.0 Å². The molecule has 2 amide bonds. The van der Waals surface area contributed by atoms with E-state index in [0.717, 1.165) is 16.8 Å². The number of aryl methyl sites for hydroxylation is 1. The largest absolute Gasteiger partial charge is 0.483 e. The summed E-state index contributed by atoms with van der Waals surface area (Å²) in [6.07, 6.45) is 1.74. The number of thiocarbonyl (C=S) groups is 1. The SMILES string of the molecule is CCOC(=O)c1ccc(NC(=O)COc2ccccc2/C=C2/C(=O)N(Cc3ccccc3)C(=S)N2c2ccc(C)cc2)cc1. The molecule has 222 valence electrons. The normalized spacial score (nSPS) is 13.7. The number of nitrogens with one attached hydrogen (secondary N) is 1. The molecular formula is C35H31N3O5S. The molecule has 0 aromatic heterocycles. The summed E-state index contributed by atoms with van der Waals surface area (Å²) in [6, 6.07) is 31.1. The lowest BCUT2D eigenvalue weighted by Crippen LogP contribution is -2.32. The van der Waals surface area contributed by atoms with Crippen molar-refractivity contribution < 1.29 is 23.9 Å². The predicted molar refractivity (Wildman–Crippen MR) is 174 cm³/mol. The lowest BCUT2D eigenvalue weighted by atomic mass is 10.1. The van der Waals surface area contributed by atoms with Crippen molar-refractivity contribution in [3.8, 4) is 5.75 Å². The minimum atomic E-state index is -0.426. The first-order chi connectivity index (χ1) is 21.3. The van der Waals surface area contributed by atoms with Crippen LogP contribution in [0.4, 0.5) is 11.4 Å². The average Bonchev–Trinajstić information content (AvgIpc) is 3.26. The van der Waals surface area contributed by atoms with Gasteiger partial charge in [0.1, 0.15) is 11.4 Å². The number of para-hydroxylation sites is 1. The quantitative estimate of drug-likeness (QED) is 0.128. The zero-order chi connectivity index (χ0) is 31.1. The Labute approximate surface area is 261 Å². The number of nitrogens with zero attached hydrogens (tertiary/aromatic N) is 2. The highest BCUT2D eigenvalue weighted by molar-refractivity contribution is 7.80. The molecule has 1 saturated heterocycles. The Kier molecular flexibility index (Phi) is 9.46. The molecule has 0 radical (unpaired) electrons. The van der Waals surface area contributed by atoms with Crippen LogP contribution in [0.5, 0.6) is 5.75 Å². The van der Waals surface area contributed by atoms with E-state index in [2.05, 4.69) is 5.32 Å². The molecule has 0 unspecified atom stereocenters. The number of hydrogen-bond acceptors (Lipinski definition) is 6. The third-order valence-electron chi connectivity index (χ3n) is 6.85. The van der Waals surface area contributed by atoms with Gasteiger partial charge >= 0.3 is 5.97 Å². The highest BCUT2D eigenvalue weighted by atomic mass is 32.1. The summed E-state index contributed by atoms with van der Waals surface area (Å²) in [5.74, 6) is -0.620. The maximum atomic E-state index is 13.9. The number of amides is 2. The predicted octanol–water partition coefficient (Wildman–Crippen LogP) is 6.36. The van der Waals surface area contributed by atoms with Gasteiger partial charge in [0.2, 0.25) is 0 Å². The van der Waals surface area contributed by atoms with Crippen LogP contribution in [-0.4, -0.2) is 41.0 Å². The van der Waals surface area contributed by atoms with Crippen LogP contribution in [0.15, 0.2) is 109 Å². The van der Waals surface area contributed by atoms with Crippen molar-refractivity contribution in [3.05, 3.63) is 131 Å². The number of carbonyl (C=O) groups is 3. The second kappa shape index (κ2) is 13.8. The van der Waals surface area contributed by atoms with Crippen LogP contribution in [0.25, 0.3) is 6.08 Å². The summed E-state index contributed by atoms with van der Waals surface area (Å²) in [5.41, 5.74) is 4.70. The Bertz CT molecular complexity index is 1700. The van der Waals surface area contributed by atoms with Crippen LogP contribution in [0, 0.1) is 6.92 Å². The Morgan fingerprint density at radius 2 is 1.57 bits per heavy atom. The number of rotatable bonds is 10. The van der Waals surface area contributed by atoms with Gasteiger partial charge < -0.3 is 14.8 Å². The molecule has 44 heavy (non-hydrogen) atoms. The third kappa shape index (κ3) is 7.02. The molecule has 1 aliphatic heterocycles. The lowest BCUT2D eigenvalue weighted by molar-refractivity contribution is -0.122. The summed E-state index contributed by atoms with van der Waals surface area (Å²) in [6.45, 7) is 4.08. The van der Waals surface area contributed by atoms with Crippen LogP contribution >= 0.6 is 12.2 Å². The fraction of sp³-hybridized carbons (Fsp3) is 0.143. The second-order valence-electron chi connectivity index (χ2n) is 10.0. The van der Waals surface area contributed by atoms with Crippen LogP contribution in [0.3, 0.4) is 0 Å². The molecule has 4 aromatic carbocycles. The molecule has 0 spiro atoms. The monoisotopic (exact) mass is 605 g/mol. The zero-order valence-electron chi connectivity index (χ0n) is 24.4. The van der Waals surface area contributed by atoms with E-state index in [9.17, 15) is 14.4 Å². The molecule has 1 N–H and O–H groups in total. The number of esters is 1. The first-order valence-electron chi connectivity index (χ1n) is 14.1. The highest BCUT2D eigenvalue weighted by Gasteiger charge is 2.39. The van der Waals surface area contributed by atoms with Gasteiger partial charge in [-0.15, -0.1) is 0 Å². The summed E-state index contributed by atoms with van der Waals surface area (Å²) in [7, 11) is 0. The molecule has 0 atom stereocenters. The van der Waals surface area contributed by atoms with Crippen molar-refractivity contribution in [2.24, 2.45) is 0 Å². The molecule has 0 aliphatic carbocycles. The van der Waals surface area contributed by atoms with Crippen LogP contribution in [0.2, 0.25) is 0 Å². The average molecular weight is 606 g/mol. The van der Waals surface area contributed by atoms with E-state index >= 15 is 0 Å². The van der Waals surface area contributed by atoms with Gasteiger partial charge in [0.05, 0.1) is 18.7 Å². The van der Waals surface area contributed by atoms with Crippen LogP contribution in [0.1, 0.15) is 34.0 Å². The van der Waals surface area contributed by atoms with E-state index in [1.807, 2.05) is 73.7 Å². The van der Waals surface area contributed by atoms with Gasteiger partial charge in [-0.1, -0.05) is 66.2 Å². The molecule has 9 heteroatoms. The summed E-state index contributed by atoms with van der Waals surface area (Å²) >= 11 is 5.84. The number of carbonyl (C=O) groups excluding carboxylic acids is 3. The number of ether oxygens (including phenoxy) is 2. The molecule has 0 bridgehead atoms. The Hall–Kier alpha value is -5.28. The van der Waals surface area contributed by atoms with E-state index in [1.165, 1.54) is 0 Å². The molecule has 0 saturated carbocycles. The molecule has 4 aromatic rings. The van der Waals surface area contributed by atoms with Crippen molar-refractivity contribution >= 4 is 52.6 Å². The lowest BCUT2D eigenvalue weighted by Gasteiger charge is -2.21. The smallest absolute Gasteiger partial charge is 0.338 e. The number of benzene rings is 4. The van der Waals surface area contributed by atoms with Crippen molar-refractivity contribution in [1.82, 2.24) is 4.90 Å². The Morgan fingerprint density at radius 3 is 2.27 bits per heavy atom. The van der Waals surface area contributed by atoms with Gasteiger partial charge in [-0.25, -0.2) is 4.79 Å². The Balaban J connectivity index is 1.36. The summed E-state index contributed by atoms with van der Waals surface area (Å²) in [4.78, 5) is 41.8. The fourth-order valence-electron chi connectivity index (χ4n) is 4.64. The van der Waals surface area contributed by atoms with E-state index < -0.39 is 5.97 Å². The minimum Gasteiger partial charge on any atom is -0.483 e. The van der Waals surface area contributed by atoms with E-state index in [-0.39, 0.29) is 25.0 Å². The first kappa shape index (κ1) is 30.2. The molecular weight excluding hydrogens is 574 g/mol. The second-order valence-corrected chi connectivity index (χ2v) is 10.4. The van der Waals surface area contributed by atoms with E-state index in [4.69, 9.17) is 21.7 Å². The molecule has 1 heterocycles. The van der Waals surface area contributed by atoms with Crippen molar-refractivity contribution in [1.29, 1.82) is 0 Å². The molecule has 8 nitrogen and oxygen atoms in total. The fourth-order valence-corrected chi connectivity index (χ4v) is 4.99. The number of anilines is 2. The zero-order valence-corrected chi connectivity index (χ0v) is 25.2. The molecule has 1 aliphatic rings. The Morgan fingerprint density at radius 1 is 0.886 bits per heavy atom. The van der Waals surface area contributed by atoms with Crippen LogP contribution in [-0.2, 0) is 20.9 Å². The third-order valence-corrected chi connectivity index (χ3v) is 7.26.